The van der Waals surface area contributed by atoms with Gasteiger partial charge in [0.25, 0.3) is 0 Å². The van der Waals surface area contributed by atoms with Crippen molar-refractivity contribution in [1.29, 1.82) is 0 Å². The minimum absolute atomic E-state index is 0. The van der Waals surface area contributed by atoms with Crippen molar-refractivity contribution in [2.75, 3.05) is 59.2 Å². The van der Waals surface area contributed by atoms with Crippen molar-refractivity contribution in [3.8, 4) is 0 Å². The van der Waals surface area contributed by atoms with E-state index in [0.717, 1.165) is 32.2 Å². The van der Waals surface area contributed by atoms with Gasteiger partial charge in [0, 0.05) is 56.9 Å². The van der Waals surface area contributed by atoms with Crippen LogP contribution in [0.4, 0.5) is 0 Å². The van der Waals surface area contributed by atoms with Gasteiger partial charge in [-0.15, -0.1) is 24.0 Å². The zero-order valence-electron chi connectivity index (χ0n) is 16.5. The molecule has 1 unspecified atom stereocenters. The summed E-state index contributed by atoms with van der Waals surface area (Å²) in [5.41, 5.74) is 0. The lowest BCUT2D eigenvalue weighted by Crippen LogP contribution is -2.54. The Bertz CT molecular complexity index is 440. The highest BCUT2D eigenvalue weighted by molar-refractivity contribution is 14.0. The largest absolute Gasteiger partial charge is 0.383 e. The van der Waals surface area contributed by atoms with Gasteiger partial charge in [-0.3, -0.25) is 9.89 Å². The SMILES string of the molecule is CN=C(NCC1CCCN1CCOC)N1CCSC2(CCCCC2)C1.I. The Morgan fingerprint density at radius 2 is 2.04 bits per heavy atom. The van der Waals surface area contributed by atoms with Crippen LogP contribution in [0.3, 0.4) is 0 Å². The van der Waals surface area contributed by atoms with Gasteiger partial charge in [-0.05, 0) is 32.2 Å². The van der Waals surface area contributed by atoms with Crippen LogP contribution in [0.25, 0.3) is 0 Å². The molecule has 0 aromatic carbocycles. The zero-order chi connectivity index (χ0) is 17.5. The second kappa shape index (κ2) is 11.3. The number of halogens is 1. The number of ether oxygens (including phenoxy) is 1. The molecule has 2 saturated heterocycles. The fourth-order valence-electron chi connectivity index (χ4n) is 4.69. The summed E-state index contributed by atoms with van der Waals surface area (Å²) in [5, 5.41) is 3.69. The summed E-state index contributed by atoms with van der Waals surface area (Å²) in [6.07, 6.45) is 9.60. The average Bonchev–Trinajstić information content (AvgIpc) is 3.09. The van der Waals surface area contributed by atoms with Crippen molar-refractivity contribution in [1.82, 2.24) is 15.1 Å². The molecule has 1 aliphatic carbocycles. The molecule has 2 heterocycles. The van der Waals surface area contributed by atoms with Gasteiger partial charge in [0.15, 0.2) is 5.96 Å². The van der Waals surface area contributed by atoms with Gasteiger partial charge in [0.2, 0.25) is 0 Å². The van der Waals surface area contributed by atoms with Crippen molar-refractivity contribution in [3.05, 3.63) is 0 Å². The van der Waals surface area contributed by atoms with Crippen molar-refractivity contribution < 1.29 is 4.74 Å². The molecule has 0 bridgehead atoms. The first-order chi connectivity index (χ1) is 12.3. The molecular weight excluding hydrogens is 459 g/mol. The molecule has 1 atom stereocenters. The monoisotopic (exact) mass is 496 g/mol. The molecular formula is C19H37IN4OS. The summed E-state index contributed by atoms with van der Waals surface area (Å²) >= 11 is 2.22. The Balaban J connectivity index is 0.00000243. The van der Waals surface area contributed by atoms with E-state index in [9.17, 15) is 0 Å². The molecule has 7 heteroatoms. The van der Waals surface area contributed by atoms with E-state index in [4.69, 9.17) is 4.74 Å². The maximum Gasteiger partial charge on any atom is 0.193 e. The van der Waals surface area contributed by atoms with E-state index in [1.807, 2.05) is 7.05 Å². The van der Waals surface area contributed by atoms with Gasteiger partial charge in [-0.2, -0.15) is 11.8 Å². The first kappa shape index (κ1) is 22.6. The number of hydrogen-bond donors (Lipinski definition) is 1. The summed E-state index contributed by atoms with van der Waals surface area (Å²) in [6.45, 7) is 6.40. The lowest BCUT2D eigenvalue weighted by Gasteiger charge is -2.45. The summed E-state index contributed by atoms with van der Waals surface area (Å²) in [4.78, 5) is 9.71. The Labute approximate surface area is 181 Å². The van der Waals surface area contributed by atoms with E-state index in [1.54, 1.807) is 7.11 Å². The normalized spacial score (nSPS) is 26.8. The summed E-state index contributed by atoms with van der Waals surface area (Å²) in [5.74, 6) is 2.35. The maximum atomic E-state index is 5.26. The second-order valence-corrected chi connectivity index (χ2v) is 9.33. The number of thioether (sulfide) groups is 1. The van der Waals surface area contributed by atoms with Gasteiger partial charge < -0.3 is 15.0 Å². The number of guanidine groups is 1. The predicted molar refractivity (Wildman–Crippen MR) is 123 cm³/mol. The molecule has 3 rings (SSSR count). The first-order valence-corrected chi connectivity index (χ1v) is 11.1. The van der Waals surface area contributed by atoms with Crippen LogP contribution in [-0.4, -0.2) is 85.8 Å². The van der Waals surface area contributed by atoms with Gasteiger partial charge >= 0.3 is 0 Å². The lowest BCUT2D eigenvalue weighted by molar-refractivity contribution is 0.141. The number of rotatable bonds is 5. The number of hydrogen-bond acceptors (Lipinski definition) is 4. The number of aliphatic imine (C=N–C) groups is 1. The molecule has 152 valence electrons. The number of nitrogens with zero attached hydrogens (tertiary/aromatic N) is 3. The van der Waals surface area contributed by atoms with Crippen LogP contribution in [-0.2, 0) is 4.74 Å². The predicted octanol–water partition coefficient (Wildman–Crippen LogP) is 3.04. The average molecular weight is 497 g/mol. The fraction of sp³-hybridized carbons (Fsp3) is 0.947. The number of nitrogens with one attached hydrogen (secondary N) is 1. The van der Waals surface area contributed by atoms with E-state index in [-0.39, 0.29) is 24.0 Å². The molecule has 0 aromatic rings. The molecule has 0 amide bonds. The van der Waals surface area contributed by atoms with Crippen LogP contribution in [0.15, 0.2) is 4.99 Å². The summed E-state index contributed by atoms with van der Waals surface area (Å²) < 4.78 is 5.75. The van der Waals surface area contributed by atoms with Gasteiger partial charge in [-0.1, -0.05) is 19.3 Å². The van der Waals surface area contributed by atoms with Gasteiger partial charge in [0.05, 0.1) is 6.61 Å². The topological polar surface area (TPSA) is 40.1 Å². The highest BCUT2D eigenvalue weighted by Gasteiger charge is 2.38. The summed E-state index contributed by atoms with van der Waals surface area (Å²) in [6, 6.07) is 0.620. The Kier molecular flexibility index (Phi) is 9.82. The quantitative estimate of drug-likeness (QED) is 0.360. The molecule has 5 nitrogen and oxygen atoms in total. The second-order valence-electron chi connectivity index (χ2n) is 7.77. The smallest absolute Gasteiger partial charge is 0.193 e. The van der Waals surface area contributed by atoms with Crippen LogP contribution >= 0.6 is 35.7 Å². The molecule has 0 aromatic heterocycles. The van der Waals surface area contributed by atoms with Crippen LogP contribution in [0.5, 0.6) is 0 Å². The van der Waals surface area contributed by atoms with E-state index >= 15 is 0 Å². The van der Waals surface area contributed by atoms with E-state index in [2.05, 4.69) is 31.9 Å². The molecule has 2 aliphatic heterocycles. The fourth-order valence-corrected chi connectivity index (χ4v) is 6.26. The minimum Gasteiger partial charge on any atom is -0.383 e. The van der Waals surface area contributed by atoms with Crippen LogP contribution < -0.4 is 5.32 Å². The van der Waals surface area contributed by atoms with Crippen molar-refractivity contribution in [3.63, 3.8) is 0 Å². The maximum absolute atomic E-state index is 5.26. The van der Waals surface area contributed by atoms with Crippen molar-refractivity contribution in [2.24, 2.45) is 4.99 Å². The van der Waals surface area contributed by atoms with Crippen LogP contribution in [0.1, 0.15) is 44.9 Å². The van der Waals surface area contributed by atoms with Gasteiger partial charge in [-0.25, -0.2) is 0 Å². The molecule has 1 spiro atoms. The minimum atomic E-state index is 0. The van der Waals surface area contributed by atoms with Crippen molar-refractivity contribution in [2.45, 2.75) is 55.7 Å². The highest BCUT2D eigenvalue weighted by atomic mass is 127. The molecule has 3 fully saturated rings. The summed E-state index contributed by atoms with van der Waals surface area (Å²) in [7, 11) is 3.73. The van der Waals surface area contributed by atoms with E-state index < -0.39 is 0 Å². The molecule has 3 aliphatic rings. The standard InChI is InChI=1S/C19H36N4OS.HI/c1-20-18(21-15-17-7-6-10-22(17)11-13-24-2)23-12-14-25-19(16-23)8-4-3-5-9-19;/h17H,3-16H2,1-2H3,(H,20,21);1H. The first-order valence-electron chi connectivity index (χ1n) is 10.1. The van der Waals surface area contributed by atoms with Crippen LogP contribution in [0.2, 0.25) is 0 Å². The number of likely N-dealkylation sites (tertiary alicyclic amines) is 1. The molecule has 1 N–H and O–H groups in total. The molecule has 1 saturated carbocycles. The highest BCUT2D eigenvalue weighted by Crippen LogP contribution is 2.42. The third-order valence-corrected chi connectivity index (χ3v) is 7.64. The third kappa shape index (κ3) is 5.88. The number of methoxy groups -OCH3 is 1. The van der Waals surface area contributed by atoms with E-state index in [0.29, 0.717) is 10.8 Å². The lowest BCUT2D eigenvalue weighted by atomic mass is 9.87. The molecule has 0 radical (unpaired) electrons. The zero-order valence-corrected chi connectivity index (χ0v) is 19.7. The van der Waals surface area contributed by atoms with E-state index in [1.165, 1.54) is 63.8 Å². The van der Waals surface area contributed by atoms with Gasteiger partial charge in [0.1, 0.15) is 0 Å². The van der Waals surface area contributed by atoms with Crippen molar-refractivity contribution >= 4 is 41.7 Å². The molecule has 26 heavy (non-hydrogen) atoms. The Morgan fingerprint density at radius 3 is 2.77 bits per heavy atom. The third-order valence-electron chi connectivity index (χ3n) is 6.10. The van der Waals surface area contributed by atoms with Crippen LogP contribution in [0, 0.1) is 0 Å². The Morgan fingerprint density at radius 1 is 1.23 bits per heavy atom. The Hall–Kier alpha value is 0.270.